The van der Waals surface area contributed by atoms with Gasteiger partial charge in [0.25, 0.3) is 0 Å². The van der Waals surface area contributed by atoms with Gasteiger partial charge in [0, 0.05) is 7.05 Å². The fourth-order valence-electron chi connectivity index (χ4n) is 1.56. The van der Waals surface area contributed by atoms with Gasteiger partial charge in [-0.15, -0.1) is 0 Å². The van der Waals surface area contributed by atoms with E-state index in [-0.39, 0.29) is 5.56 Å². The van der Waals surface area contributed by atoms with Gasteiger partial charge in [-0.3, -0.25) is 0 Å². The third-order valence-corrected chi connectivity index (χ3v) is 5.34. The van der Waals surface area contributed by atoms with E-state index >= 15 is 0 Å². The zero-order chi connectivity index (χ0) is 16.4. The lowest BCUT2D eigenvalue weighted by atomic mass is 10.1. The van der Waals surface area contributed by atoms with Crippen molar-refractivity contribution in [1.29, 1.82) is 0 Å². The number of methoxy groups -OCH3 is 1. The van der Waals surface area contributed by atoms with Crippen molar-refractivity contribution in [2.24, 2.45) is 0 Å². The Hall–Kier alpha value is -1.51. The van der Waals surface area contributed by atoms with Crippen LogP contribution in [0.2, 0.25) is 0 Å². The first-order valence-electron chi connectivity index (χ1n) is 6.05. The molecule has 0 aromatic heterocycles. The van der Waals surface area contributed by atoms with Crippen LogP contribution in [0.25, 0.3) is 0 Å². The van der Waals surface area contributed by atoms with Gasteiger partial charge in [-0.1, -0.05) is 0 Å². The highest BCUT2D eigenvalue weighted by atomic mass is 32.2. The molecule has 1 aromatic rings. The van der Waals surface area contributed by atoms with Crippen molar-refractivity contribution in [1.82, 2.24) is 4.31 Å². The second-order valence-corrected chi connectivity index (χ2v) is 7.01. The molecular weight excluding hydrogens is 301 g/mol. The molecule has 1 N–H and O–H groups in total. The molecule has 6 nitrogen and oxygen atoms in total. The fraction of sp³-hybridized carbons (Fsp3) is 0.462. The molecule has 0 amide bonds. The van der Waals surface area contributed by atoms with Crippen LogP contribution in [0, 0.1) is 5.82 Å². The van der Waals surface area contributed by atoms with Gasteiger partial charge in [-0.2, -0.15) is 4.31 Å². The molecule has 1 aromatic carbocycles. The number of aliphatic hydroxyl groups excluding tert-OH is 1. The molecule has 0 radical (unpaired) electrons. The number of carbonyl (C=O) groups is 1. The summed E-state index contributed by atoms with van der Waals surface area (Å²) in [7, 11) is -1.84. The van der Waals surface area contributed by atoms with Gasteiger partial charge in [0.1, 0.15) is 5.82 Å². The van der Waals surface area contributed by atoms with Crippen LogP contribution < -0.4 is 0 Å². The summed E-state index contributed by atoms with van der Waals surface area (Å²) in [5.41, 5.74) is -1.38. The quantitative estimate of drug-likeness (QED) is 0.819. The summed E-state index contributed by atoms with van der Waals surface area (Å²) >= 11 is 0. The van der Waals surface area contributed by atoms with Gasteiger partial charge in [-0.25, -0.2) is 17.6 Å². The average Bonchev–Trinajstić information content (AvgIpc) is 2.45. The number of carbonyl (C=O) groups excluding carboxylic acids is 1. The van der Waals surface area contributed by atoms with Gasteiger partial charge in [0.2, 0.25) is 10.0 Å². The molecule has 0 atom stereocenters. The van der Waals surface area contributed by atoms with Gasteiger partial charge >= 0.3 is 5.97 Å². The minimum absolute atomic E-state index is 0.264. The highest BCUT2D eigenvalue weighted by molar-refractivity contribution is 7.89. The van der Waals surface area contributed by atoms with Gasteiger partial charge in [0.15, 0.2) is 0 Å². The Bertz CT molecular complexity index is 642. The Morgan fingerprint density at radius 1 is 1.43 bits per heavy atom. The number of likely N-dealkylation sites (N-methyl/N-ethyl adjacent to an activating group) is 1. The Balaban J connectivity index is 3.51. The first-order chi connectivity index (χ1) is 9.57. The van der Waals surface area contributed by atoms with E-state index in [0.717, 1.165) is 29.6 Å². The topological polar surface area (TPSA) is 83.9 Å². The number of benzene rings is 1. The Labute approximate surface area is 123 Å². The molecule has 0 aliphatic carbocycles. The molecule has 21 heavy (non-hydrogen) atoms. The molecule has 1 rings (SSSR count). The maximum absolute atomic E-state index is 13.4. The number of rotatable bonds is 5. The number of halogens is 1. The van der Waals surface area contributed by atoms with Gasteiger partial charge in [0.05, 0.1) is 29.7 Å². The van der Waals surface area contributed by atoms with Crippen molar-refractivity contribution in [3.63, 3.8) is 0 Å². The van der Waals surface area contributed by atoms with E-state index in [4.69, 9.17) is 0 Å². The largest absolute Gasteiger partial charge is 0.465 e. The van der Waals surface area contributed by atoms with Crippen LogP contribution in [0.15, 0.2) is 23.1 Å². The summed E-state index contributed by atoms with van der Waals surface area (Å²) in [6.45, 7) is 2.56. The number of sulfonamides is 1. The van der Waals surface area contributed by atoms with E-state index in [1.54, 1.807) is 0 Å². The predicted octanol–water partition coefficient (Wildman–Crippen LogP) is 1.00. The summed E-state index contributed by atoms with van der Waals surface area (Å²) in [6, 6.07) is 2.78. The molecule has 0 saturated carbocycles. The Morgan fingerprint density at radius 3 is 2.48 bits per heavy atom. The molecule has 0 aliphatic heterocycles. The number of nitrogens with zero attached hydrogens (tertiary/aromatic N) is 1. The monoisotopic (exact) mass is 319 g/mol. The summed E-state index contributed by atoms with van der Waals surface area (Å²) in [6.07, 6.45) is 0. The van der Waals surface area contributed by atoms with Crippen LogP contribution in [-0.2, 0) is 14.8 Å². The summed E-state index contributed by atoms with van der Waals surface area (Å²) in [4.78, 5) is 11.2. The number of hydrogen-bond acceptors (Lipinski definition) is 5. The molecule has 0 fully saturated rings. The Kier molecular flexibility index (Phi) is 5.08. The van der Waals surface area contributed by atoms with Crippen LogP contribution >= 0.6 is 0 Å². The lowest BCUT2D eigenvalue weighted by Crippen LogP contribution is -2.47. The maximum atomic E-state index is 13.4. The maximum Gasteiger partial charge on any atom is 0.339 e. The zero-order valence-corrected chi connectivity index (χ0v) is 13.1. The highest BCUT2D eigenvalue weighted by Gasteiger charge is 2.36. The minimum atomic E-state index is -4.18. The van der Waals surface area contributed by atoms with Crippen LogP contribution in [0.4, 0.5) is 4.39 Å². The number of esters is 1. The summed E-state index contributed by atoms with van der Waals surface area (Å²) < 4.78 is 43.9. The number of hydrogen-bond donors (Lipinski definition) is 1. The average molecular weight is 319 g/mol. The molecule has 0 aliphatic rings. The van der Waals surface area contributed by atoms with Crippen LogP contribution in [0.1, 0.15) is 24.2 Å². The Morgan fingerprint density at radius 2 is 2.00 bits per heavy atom. The zero-order valence-electron chi connectivity index (χ0n) is 12.3. The van der Waals surface area contributed by atoms with Crippen molar-refractivity contribution in [2.45, 2.75) is 24.3 Å². The molecule has 0 unspecified atom stereocenters. The summed E-state index contributed by atoms with van der Waals surface area (Å²) in [5.74, 6) is -1.68. The molecular formula is C13H18FNO5S. The molecule has 0 heterocycles. The van der Waals surface area contributed by atoms with E-state index in [1.807, 2.05) is 0 Å². The lowest BCUT2D eigenvalue weighted by Gasteiger charge is -2.33. The highest BCUT2D eigenvalue weighted by Crippen LogP contribution is 2.26. The van der Waals surface area contributed by atoms with E-state index in [9.17, 15) is 22.7 Å². The molecule has 0 saturated heterocycles. The predicted molar refractivity (Wildman–Crippen MR) is 73.9 cm³/mol. The van der Waals surface area contributed by atoms with E-state index < -0.39 is 38.9 Å². The second-order valence-electron chi connectivity index (χ2n) is 5.08. The molecule has 0 spiro atoms. The fourth-order valence-corrected chi connectivity index (χ4v) is 3.25. The smallest absolute Gasteiger partial charge is 0.339 e. The first kappa shape index (κ1) is 17.5. The molecule has 8 heteroatoms. The van der Waals surface area contributed by atoms with Crippen molar-refractivity contribution in [3.05, 3.63) is 29.6 Å². The van der Waals surface area contributed by atoms with Crippen LogP contribution in [-0.4, -0.2) is 50.1 Å². The second kappa shape index (κ2) is 6.08. The van der Waals surface area contributed by atoms with Crippen LogP contribution in [0.3, 0.4) is 0 Å². The normalized spacial score (nSPS) is 12.5. The SMILES string of the molecule is COC(=O)c1ccc(F)cc1S(=O)(=O)N(C)C(C)(C)CO. The third-order valence-electron chi connectivity index (χ3n) is 3.23. The standard InChI is InChI=1S/C13H18FNO5S/c1-13(2,8-16)15(3)21(18,19)11-7-9(14)5-6-10(11)12(17)20-4/h5-7,16H,8H2,1-4H3. The lowest BCUT2D eigenvalue weighted by molar-refractivity contribution is 0.0595. The van der Waals surface area contributed by atoms with Gasteiger partial charge in [-0.05, 0) is 32.0 Å². The molecule has 0 bridgehead atoms. The van der Waals surface area contributed by atoms with Crippen molar-refractivity contribution in [2.75, 3.05) is 20.8 Å². The first-order valence-corrected chi connectivity index (χ1v) is 7.49. The van der Waals surface area contributed by atoms with E-state index in [2.05, 4.69) is 4.74 Å². The van der Waals surface area contributed by atoms with E-state index in [0.29, 0.717) is 0 Å². The third kappa shape index (κ3) is 3.39. The molecule has 118 valence electrons. The van der Waals surface area contributed by atoms with Crippen molar-refractivity contribution < 1.29 is 27.4 Å². The van der Waals surface area contributed by atoms with Gasteiger partial charge < -0.3 is 9.84 Å². The number of aliphatic hydroxyl groups is 1. The van der Waals surface area contributed by atoms with Crippen molar-refractivity contribution in [3.8, 4) is 0 Å². The minimum Gasteiger partial charge on any atom is -0.465 e. The summed E-state index contributed by atoms with van der Waals surface area (Å²) in [5, 5.41) is 9.28. The number of ether oxygens (including phenoxy) is 1. The van der Waals surface area contributed by atoms with Crippen LogP contribution in [0.5, 0.6) is 0 Å². The van der Waals surface area contributed by atoms with E-state index in [1.165, 1.54) is 20.9 Å². The van der Waals surface area contributed by atoms with Crippen molar-refractivity contribution >= 4 is 16.0 Å².